The third-order valence-corrected chi connectivity index (χ3v) is 3.64. The van der Waals surface area contributed by atoms with Crippen LogP contribution in [0.4, 0.5) is 10.5 Å². The summed E-state index contributed by atoms with van der Waals surface area (Å²) in [4.78, 5) is 12.1. The van der Waals surface area contributed by atoms with Crippen LogP contribution in [0.3, 0.4) is 0 Å². The van der Waals surface area contributed by atoms with Crippen molar-refractivity contribution in [2.45, 2.75) is 20.4 Å². The van der Waals surface area contributed by atoms with E-state index in [1.165, 1.54) is 0 Å². The van der Waals surface area contributed by atoms with Gasteiger partial charge in [-0.05, 0) is 60.7 Å². The van der Waals surface area contributed by atoms with Crippen molar-refractivity contribution >= 4 is 11.7 Å². The summed E-state index contributed by atoms with van der Waals surface area (Å²) in [6.45, 7) is 4.73. The van der Waals surface area contributed by atoms with E-state index in [9.17, 15) is 4.79 Å². The van der Waals surface area contributed by atoms with Crippen LogP contribution in [0.25, 0.3) is 5.69 Å². The Balaban J connectivity index is 1.58. The molecule has 0 aliphatic carbocycles. The molecule has 0 spiro atoms. The molecule has 8 heteroatoms. The second kappa shape index (κ2) is 8.11. The molecule has 1 aromatic heterocycles. The first-order valence-corrected chi connectivity index (χ1v) is 8.27. The van der Waals surface area contributed by atoms with Crippen LogP contribution in [0.5, 0.6) is 5.75 Å². The molecule has 2 aromatic carbocycles. The monoisotopic (exact) mass is 352 g/mol. The van der Waals surface area contributed by atoms with Gasteiger partial charge in [0.2, 0.25) is 0 Å². The minimum Gasteiger partial charge on any atom is -0.494 e. The molecule has 0 aliphatic heterocycles. The molecule has 0 fully saturated rings. The Labute approximate surface area is 151 Å². The van der Waals surface area contributed by atoms with Crippen LogP contribution in [-0.2, 0) is 6.54 Å². The first-order valence-electron chi connectivity index (χ1n) is 8.27. The molecule has 26 heavy (non-hydrogen) atoms. The number of carbonyl (C=O) groups is 1. The quantitative estimate of drug-likeness (QED) is 0.711. The van der Waals surface area contributed by atoms with Gasteiger partial charge < -0.3 is 15.4 Å². The number of anilines is 1. The summed E-state index contributed by atoms with van der Waals surface area (Å²) in [5, 5.41) is 17.1. The van der Waals surface area contributed by atoms with E-state index in [4.69, 9.17) is 4.74 Å². The zero-order valence-corrected chi connectivity index (χ0v) is 14.6. The lowest BCUT2D eigenvalue weighted by Gasteiger charge is -2.09. The number of nitrogens with one attached hydrogen (secondary N) is 2. The van der Waals surface area contributed by atoms with Crippen LogP contribution in [0.1, 0.15) is 18.3 Å². The highest BCUT2D eigenvalue weighted by Crippen LogP contribution is 2.15. The largest absolute Gasteiger partial charge is 0.494 e. The van der Waals surface area contributed by atoms with E-state index in [1.807, 2.05) is 38.1 Å². The Bertz CT molecular complexity index is 858. The SMILES string of the molecule is CCOc1ccc(NC(=O)NCc2nnnn2-c2ccc(C)cc2)cc1. The average molecular weight is 352 g/mol. The van der Waals surface area contributed by atoms with E-state index in [2.05, 4.69) is 26.2 Å². The second-order valence-corrected chi connectivity index (χ2v) is 5.61. The summed E-state index contributed by atoms with van der Waals surface area (Å²) in [5.74, 6) is 1.30. The van der Waals surface area contributed by atoms with Gasteiger partial charge in [-0.2, -0.15) is 4.68 Å². The second-order valence-electron chi connectivity index (χ2n) is 5.61. The first kappa shape index (κ1) is 17.4. The summed E-state index contributed by atoms with van der Waals surface area (Å²) in [5.41, 5.74) is 2.66. The van der Waals surface area contributed by atoms with Crippen LogP contribution >= 0.6 is 0 Å². The number of ether oxygens (including phenoxy) is 1. The van der Waals surface area contributed by atoms with E-state index in [1.54, 1.807) is 28.9 Å². The number of aromatic nitrogens is 4. The van der Waals surface area contributed by atoms with Gasteiger partial charge in [0, 0.05) is 5.69 Å². The van der Waals surface area contributed by atoms with Gasteiger partial charge >= 0.3 is 6.03 Å². The van der Waals surface area contributed by atoms with E-state index >= 15 is 0 Å². The minimum absolute atomic E-state index is 0.198. The molecule has 2 N–H and O–H groups in total. The topological polar surface area (TPSA) is 94.0 Å². The number of urea groups is 1. The molecule has 0 unspecified atom stereocenters. The van der Waals surface area contributed by atoms with Crippen molar-refractivity contribution in [1.29, 1.82) is 0 Å². The summed E-state index contributed by atoms with van der Waals surface area (Å²) in [7, 11) is 0. The Morgan fingerprint density at radius 3 is 2.54 bits per heavy atom. The zero-order valence-electron chi connectivity index (χ0n) is 14.6. The van der Waals surface area contributed by atoms with Gasteiger partial charge in [0.15, 0.2) is 5.82 Å². The van der Waals surface area contributed by atoms with Crippen molar-refractivity contribution in [2.75, 3.05) is 11.9 Å². The number of aryl methyl sites for hydroxylation is 1. The number of hydrogen-bond acceptors (Lipinski definition) is 5. The number of tetrazole rings is 1. The number of carbonyl (C=O) groups excluding carboxylic acids is 1. The average Bonchev–Trinajstić information content (AvgIpc) is 3.11. The van der Waals surface area contributed by atoms with Crippen LogP contribution in [-0.4, -0.2) is 32.8 Å². The highest BCUT2D eigenvalue weighted by molar-refractivity contribution is 5.89. The Morgan fingerprint density at radius 1 is 1.12 bits per heavy atom. The molecule has 0 saturated heterocycles. The lowest BCUT2D eigenvalue weighted by molar-refractivity contribution is 0.251. The van der Waals surface area contributed by atoms with Gasteiger partial charge in [0.1, 0.15) is 5.75 Å². The van der Waals surface area contributed by atoms with Crippen LogP contribution < -0.4 is 15.4 Å². The number of hydrogen-bond donors (Lipinski definition) is 2. The molecule has 0 aliphatic rings. The molecule has 0 bridgehead atoms. The molecule has 3 rings (SSSR count). The normalized spacial score (nSPS) is 10.4. The maximum Gasteiger partial charge on any atom is 0.319 e. The Kier molecular flexibility index (Phi) is 5.43. The van der Waals surface area contributed by atoms with E-state index < -0.39 is 0 Å². The highest BCUT2D eigenvalue weighted by atomic mass is 16.5. The van der Waals surface area contributed by atoms with E-state index in [-0.39, 0.29) is 12.6 Å². The molecule has 0 radical (unpaired) electrons. The lowest BCUT2D eigenvalue weighted by atomic mass is 10.2. The maximum atomic E-state index is 12.1. The molecule has 3 aromatic rings. The van der Waals surface area contributed by atoms with Crippen molar-refractivity contribution in [2.24, 2.45) is 0 Å². The van der Waals surface area contributed by atoms with Crippen molar-refractivity contribution in [3.05, 3.63) is 59.9 Å². The molecular weight excluding hydrogens is 332 g/mol. The molecule has 2 amide bonds. The van der Waals surface area contributed by atoms with Gasteiger partial charge in [0.05, 0.1) is 18.8 Å². The first-order chi connectivity index (χ1) is 12.7. The van der Waals surface area contributed by atoms with Crippen molar-refractivity contribution in [1.82, 2.24) is 25.5 Å². The fourth-order valence-electron chi connectivity index (χ4n) is 2.34. The lowest BCUT2D eigenvalue weighted by Crippen LogP contribution is -2.29. The van der Waals surface area contributed by atoms with E-state index in [0.29, 0.717) is 18.1 Å². The molecule has 134 valence electrons. The predicted octanol–water partition coefficient (Wildman–Crippen LogP) is 2.69. The molecule has 8 nitrogen and oxygen atoms in total. The van der Waals surface area contributed by atoms with Crippen LogP contribution in [0.15, 0.2) is 48.5 Å². The third kappa shape index (κ3) is 4.35. The molecule has 1 heterocycles. The van der Waals surface area contributed by atoms with Gasteiger partial charge in [-0.15, -0.1) is 5.10 Å². The Morgan fingerprint density at radius 2 is 1.85 bits per heavy atom. The Hall–Kier alpha value is -3.42. The smallest absolute Gasteiger partial charge is 0.319 e. The summed E-state index contributed by atoms with van der Waals surface area (Å²) in [6, 6.07) is 14.6. The predicted molar refractivity (Wildman–Crippen MR) is 97.4 cm³/mol. The van der Waals surface area contributed by atoms with Gasteiger partial charge in [0.25, 0.3) is 0 Å². The maximum absolute atomic E-state index is 12.1. The van der Waals surface area contributed by atoms with Crippen molar-refractivity contribution in [3.63, 3.8) is 0 Å². The summed E-state index contributed by atoms with van der Waals surface area (Å²) < 4.78 is 6.97. The minimum atomic E-state index is -0.340. The third-order valence-electron chi connectivity index (χ3n) is 3.64. The summed E-state index contributed by atoms with van der Waals surface area (Å²) >= 11 is 0. The number of benzene rings is 2. The zero-order chi connectivity index (χ0) is 18.4. The van der Waals surface area contributed by atoms with Gasteiger partial charge in [-0.25, -0.2) is 4.79 Å². The highest BCUT2D eigenvalue weighted by Gasteiger charge is 2.10. The van der Waals surface area contributed by atoms with Gasteiger partial charge in [-0.3, -0.25) is 0 Å². The number of rotatable bonds is 6. The molecule has 0 saturated carbocycles. The van der Waals surface area contributed by atoms with Crippen LogP contribution in [0, 0.1) is 6.92 Å². The number of nitrogens with zero attached hydrogens (tertiary/aromatic N) is 4. The summed E-state index contributed by atoms with van der Waals surface area (Å²) in [6.07, 6.45) is 0. The van der Waals surface area contributed by atoms with Crippen LogP contribution in [0.2, 0.25) is 0 Å². The molecular formula is C18H20N6O2. The number of amides is 2. The van der Waals surface area contributed by atoms with Crippen molar-refractivity contribution < 1.29 is 9.53 Å². The fraction of sp³-hybridized carbons (Fsp3) is 0.222. The van der Waals surface area contributed by atoms with Gasteiger partial charge in [-0.1, -0.05) is 17.7 Å². The fourth-order valence-corrected chi connectivity index (χ4v) is 2.34. The van der Waals surface area contributed by atoms with Crippen molar-refractivity contribution in [3.8, 4) is 11.4 Å². The molecule has 0 atom stereocenters. The standard InChI is InChI=1S/C18H20N6O2/c1-3-26-16-10-6-14(7-11-16)20-18(25)19-12-17-21-22-23-24(17)15-8-4-13(2)5-9-15/h4-11H,3,12H2,1-2H3,(H2,19,20,25). The van der Waals surface area contributed by atoms with E-state index in [0.717, 1.165) is 17.0 Å².